The second-order valence-corrected chi connectivity index (χ2v) is 9.05. The van der Waals surface area contributed by atoms with Crippen LogP contribution in [0.5, 0.6) is 5.75 Å². The fourth-order valence-corrected chi connectivity index (χ4v) is 4.83. The quantitative estimate of drug-likeness (QED) is 0.599. The van der Waals surface area contributed by atoms with Crippen molar-refractivity contribution >= 4 is 37.3 Å². The van der Waals surface area contributed by atoms with Gasteiger partial charge in [0, 0.05) is 19.7 Å². The van der Waals surface area contributed by atoms with E-state index in [0.717, 1.165) is 8.78 Å². The Morgan fingerprint density at radius 2 is 1.92 bits per heavy atom. The van der Waals surface area contributed by atoms with Crippen molar-refractivity contribution in [3.8, 4) is 28.0 Å². The second kappa shape index (κ2) is 6.87. The van der Waals surface area contributed by atoms with Crippen LogP contribution in [0.3, 0.4) is 0 Å². The second-order valence-electron chi connectivity index (χ2n) is 5.16. The zero-order valence-corrected chi connectivity index (χ0v) is 16.8. The first-order chi connectivity index (χ1) is 11.8. The van der Waals surface area contributed by atoms with Gasteiger partial charge >= 0.3 is 0 Å². The maximum absolute atomic E-state index is 12.4. The molecule has 0 saturated heterocycles. The van der Waals surface area contributed by atoms with Crippen LogP contribution in [0, 0.1) is 0 Å². The molecule has 0 aliphatic carbocycles. The van der Waals surface area contributed by atoms with E-state index in [2.05, 4.69) is 26.1 Å². The third kappa shape index (κ3) is 3.34. The Kier molecular flexibility index (Phi) is 4.96. The number of aromatic nitrogens is 2. The lowest BCUT2D eigenvalue weighted by molar-refractivity contribution is 0.412. The number of rotatable bonds is 5. The van der Waals surface area contributed by atoms with Gasteiger partial charge < -0.3 is 9.15 Å². The number of methoxy groups -OCH3 is 1. The van der Waals surface area contributed by atoms with E-state index in [0.29, 0.717) is 22.1 Å². The predicted molar refractivity (Wildman–Crippen MR) is 98.2 cm³/mol. The minimum atomic E-state index is -3.59. The van der Waals surface area contributed by atoms with Crippen molar-refractivity contribution in [1.29, 1.82) is 0 Å². The Hall–Kier alpha value is -1.75. The number of ether oxygens (including phenoxy) is 1. The summed E-state index contributed by atoms with van der Waals surface area (Å²) in [7, 11) is 0.940. The van der Waals surface area contributed by atoms with E-state index < -0.39 is 10.0 Å². The van der Waals surface area contributed by atoms with Crippen LogP contribution < -0.4 is 4.74 Å². The van der Waals surface area contributed by atoms with Crippen molar-refractivity contribution in [2.24, 2.45) is 0 Å². The van der Waals surface area contributed by atoms with Crippen LogP contribution in [0.2, 0.25) is 0 Å². The Morgan fingerprint density at radius 1 is 1.20 bits per heavy atom. The van der Waals surface area contributed by atoms with Gasteiger partial charge in [-0.25, -0.2) is 12.7 Å². The normalized spacial score (nSPS) is 11.9. The van der Waals surface area contributed by atoms with Crippen LogP contribution in [0.1, 0.15) is 0 Å². The average Bonchev–Trinajstić information content (AvgIpc) is 3.23. The lowest BCUT2D eigenvalue weighted by atomic mass is 10.2. The van der Waals surface area contributed by atoms with E-state index in [1.165, 1.54) is 31.5 Å². The predicted octanol–water partition coefficient (Wildman–Crippen LogP) is 3.49. The smallest absolute Gasteiger partial charge is 0.259 e. The van der Waals surface area contributed by atoms with E-state index >= 15 is 0 Å². The number of halogens is 1. The summed E-state index contributed by atoms with van der Waals surface area (Å²) in [6, 6.07) is 6.88. The van der Waals surface area contributed by atoms with Crippen molar-refractivity contribution in [3.05, 3.63) is 34.1 Å². The van der Waals surface area contributed by atoms with Crippen LogP contribution in [0.25, 0.3) is 22.2 Å². The molecule has 2 heterocycles. The summed E-state index contributed by atoms with van der Waals surface area (Å²) in [5.41, 5.74) is 0.694. The number of hydrogen-bond donors (Lipinski definition) is 0. The van der Waals surface area contributed by atoms with Crippen molar-refractivity contribution in [2.45, 2.75) is 4.90 Å². The molecule has 0 bridgehead atoms. The maximum atomic E-state index is 12.4. The summed E-state index contributed by atoms with van der Waals surface area (Å²) in [5, 5.41) is 9.71. The first-order valence-corrected chi connectivity index (χ1v) is 10.1. The van der Waals surface area contributed by atoms with E-state index in [4.69, 9.17) is 9.15 Å². The third-order valence-corrected chi connectivity index (χ3v) is 6.91. The Bertz CT molecular complexity index is 1010. The lowest BCUT2D eigenvalue weighted by Crippen LogP contribution is -2.22. The molecule has 2 aromatic heterocycles. The zero-order chi connectivity index (χ0) is 18.2. The molecule has 132 valence electrons. The van der Waals surface area contributed by atoms with Gasteiger partial charge in [0.2, 0.25) is 15.9 Å². The number of nitrogens with zero attached hydrogens (tertiary/aromatic N) is 3. The van der Waals surface area contributed by atoms with Crippen LogP contribution in [-0.4, -0.2) is 44.1 Å². The van der Waals surface area contributed by atoms with Crippen molar-refractivity contribution in [2.75, 3.05) is 21.2 Å². The highest BCUT2D eigenvalue weighted by atomic mass is 79.9. The highest BCUT2D eigenvalue weighted by molar-refractivity contribution is 9.10. The topological polar surface area (TPSA) is 85.5 Å². The Morgan fingerprint density at radius 3 is 2.56 bits per heavy atom. The molecule has 0 spiro atoms. The van der Waals surface area contributed by atoms with Crippen LogP contribution in [-0.2, 0) is 10.0 Å². The Labute approximate surface area is 157 Å². The summed E-state index contributed by atoms with van der Waals surface area (Å²) in [6.07, 6.45) is 0. The molecule has 7 nitrogen and oxygen atoms in total. The summed E-state index contributed by atoms with van der Waals surface area (Å²) >= 11 is 4.64. The van der Waals surface area contributed by atoms with Gasteiger partial charge in [-0.1, -0.05) is 0 Å². The minimum absolute atomic E-state index is 0.147. The standard InChI is InChI=1S/C15H14BrN3O4S2/c1-19(2)25(20,21)12-6-7-24-13(12)15-18-17-14(23-15)9-4-5-11(22-3)10(16)8-9/h4-8H,1-3H3. The molecule has 10 heteroatoms. The highest BCUT2D eigenvalue weighted by Gasteiger charge is 2.26. The van der Waals surface area contributed by atoms with Gasteiger partial charge in [0.05, 0.1) is 11.6 Å². The van der Waals surface area contributed by atoms with Crippen molar-refractivity contribution in [3.63, 3.8) is 0 Å². The molecule has 25 heavy (non-hydrogen) atoms. The first kappa shape index (κ1) is 18.1. The largest absolute Gasteiger partial charge is 0.496 e. The molecular weight excluding hydrogens is 430 g/mol. The Balaban J connectivity index is 2.01. The first-order valence-electron chi connectivity index (χ1n) is 7.02. The average molecular weight is 444 g/mol. The molecule has 0 amide bonds. The molecule has 0 N–H and O–H groups in total. The van der Waals surface area contributed by atoms with Crippen LogP contribution in [0.4, 0.5) is 0 Å². The SMILES string of the molecule is COc1ccc(-c2nnc(-c3sccc3S(=O)(=O)N(C)C)o2)cc1Br. The minimum Gasteiger partial charge on any atom is -0.496 e. The molecule has 3 aromatic rings. The van der Waals surface area contributed by atoms with Gasteiger partial charge in [-0.2, -0.15) is 0 Å². The van der Waals surface area contributed by atoms with E-state index in [9.17, 15) is 8.42 Å². The van der Waals surface area contributed by atoms with E-state index in [1.54, 1.807) is 30.7 Å². The highest BCUT2D eigenvalue weighted by Crippen LogP contribution is 2.35. The van der Waals surface area contributed by atoms with Gasteiger partial charge in [0.15, 0.2) is 0 Å². The molecule has 0 aliphatic rings. The molecule has 0 radical (unpaired) electrons. The molecule has 3 rings (SSSR count). The number of benzene rings is 1. The molecule has 0 atom stereocenters. The van der Waals surface area contributed by atoms with Gasteiger partial charge in [0.25, 0.3) is 5.89 Å². The molecule has 0 unspecified atom stereocenters. The van der Waals surface area contributed by atoms with E-state index in [-0.39, 0.29) is 10.8 Å². The fraction of sp³-hybridized carbons (Fsp3) is 0.200. The monoisotopic (exact) mass is 443 g/mol. The molecule has 1 aromatic carbocycles. The lowest BCUT2D eigenvalue weighted by Gasteiger charge is -2.10. The summed E-state index contributed by atoms with van der Waals surface area (Å²) in [4.78, 5) is 0.564. The summed E-state index contributed by atoms with van der Waals surface area (Å²) in [5.74, 6) is 1.14. The van der Waals surface area contributed by atoms with Crippen LogP contribution in [0.15, 0.2) is 43.4 Å². The third-order valence-electron chi connectivity index (χ3n) is 3.41. The number of hydrogen-bond acceptors (Lipinski definition) is 7. The molecule has 0 fully saturated rings. The molecule has 0 saturated carbocycles. The number of thiophene rings is 1. The van der Waals surface area contributed by atoms with Crippen molar-refractivity contribution < 1.29 is 17.6 Å². The maximum Gasteiger partial charge on any atom is 0.259 e. The number of sulfonamides is 1. The van der Waals surface area contributed by atoms with Gasteiger partial charge in [-0.3, -0.25) is 0 Å². The van der Waals surface area contributed by atoms with Crippen molar-refractivity contribution in [1.82, 2.24) is 14.5 Å². The fourth-order valence-electron chi connectivity index (χ4n) is 2.08. The van der Waals surface area contributed by atoms with E-state index in [1.807, 2.05) is 0 Å². The van der Waals surface area contributed by atoms with Gasteiger partial charge in [-0.15, -0.1) is 21.5 Å². The molecular formula is C15H14BrN3O4S2. The summed E-state index contributed by atoms with van der Waals surface area (Å²) in [6.45, 7) is 0. The molecule has 0 aliphatic heterocycles. The summed E-state index contributed by atoms with van der Waals surface area (Å²) < 4.78 is 37.6. The zero-order valence-electron chi connectivity index (χ0n) is 13.6. The van der Waals surface area contributed by atoms with Gasteiger partial charge in [-0.05, 0) is 45.6 Å². The van der Waals surface area contributed by atoms with Crippen LogP contribution >= 0.6 is 27.3 Å². The van der Waals surface area contributed by atoms with Gasteiger partial charge in [0.1, 0.15) is 15.5 Å².